The molecule has 1 heterocycles. The quantitative estimate of drug-likeness (QED) is 0.808. The van der Waals surface area contributed by atoms with E-state index in [-0.39, 0.29) is 5.76 Å². The topological polar surface area (TPSA) is 59.5 Å². The Morgan fingerprint density at radius 2 is 2.00 bits per heavy atom. The predicted molar refractivity (Wildman–Crippen MR) is 59.1 cm³/mol. The molecule has 0 spiro atoms. The van der Waals surface area contributed by atoms with Crippen molar-refractivity contribution in [2.24, 2.45) is 5.73 Å². The minimum absolute atomic E-state index is 0.209. The molecule has 4 nitrogen and oxygen atoms in total. The second-order valence-electron chi connectivity index (χ2n) is 3.53. The molecular weight excluding hydrogens is 192 g/mol. The first-order valence-corrected chi connectivity index (χ1v) is 4.60. The Bertz CT molecular complexity index is 514. The maximum Gasteiger partial charge on any atom is 0.286 e. The molecule has 78 valence electrons. The van der Waals surface area contributed by atoms with Crippen LogP contribution in [0.25, 0.3) is 11.0 Å². The monoisotopic (exact) mass is 204 g/mol. The fraction of sp³-hybridized carbons (Fsp3) is 0.182. The van der Waals surface area contributed by atoms with Crippen LogP contribution in [0.4, 0.5) is 5.69 Å². The zero-order valence-electron chi connectivity index (χ0n) is 8.65. The van der Waals surface area contributed by atoms with Crippen LogP contribution in [0.3, 0.4) is 0 Å². The van der Waals surface area contributed by atoms with E-state index in [0.29, 0.717) is 5.58 Å². The van der Waals surface area contributed by atoms with E-state index in [2.05, 4.69) is 0 Å². The minimum atomic E-state index is -0.546. The Balaban J connectivity index is 2.80. The summed E-state index contributed by atoms with van der Waals surface area (Å²) in [6.07, 6.45) is 0. The van der Waals surface area contributed by atoms with Crippen LogP contribution in [0.5, 0.6) is 0 Å². The maximum absolute atomic E-state index is 11.2. The van der Waals surface area contributed by atoms with Crippen molar-refractivity contribution in [3.05, 3.63) is 30.0 Å². The van der Waals surface area contributed by atoms with E-state index in [1.807, 2.05) is 43.3 Å². The molecule has 2 aromatic rings. The van der Waals surface area contributed by atoms with Crippen LogP contribution < -0.4 is 10.6 Å². The van der Waals surface area contributed by atoms with E-state index in [1.54, 1.807) is 0 Å². The van der Waals surface area contributed by atoms with Crippen molar-refractivity contribution >= 4 is 22.6 Å². The number of benzene rings is 1. The number of furan rings is 1. The molecule has 0 fully saturated rings. The SMILES string of the molecule is CN(C)c1c(C(N)=O)oc2ccccc12. The van der Waals surface area contributed by atoms with Gasteiger partial charge in [0, 0.05) is 19.5 Å². The van der Waals surface area contributed by atoms with Crippen LogP contribution in [0.2, 0.25) is 0 Å². The van der Waals surface area contributed by atoms with Gasteiger partial charge in [-0.15, -0.1) is 0 Å². The molecular formula is C11H12N2O2. The van der Waals surface area contributed by atoms with Crippen molar-refractivity contribution in [3.8, 4) is 0 Å². The minimum Gasteiger partial charge on any atom is -0.449 e. The number of carbonyl (C=O) groups is 1. The van der Waals surface area contributed by atoms with E-state index in [0.717, 1.165) is 11.1 Å². The van der Waals surface area contributed by atoms with Gasteiger partial charge in [0.1, 0.15) is 5.58 Å². The summed E-state index contributed by atoms with van der Waals surface area (Å²) >= 11 is 0. The normalized spacial score (nSPS) is 10.5. The molecule has 0 saturated carbocycles. The molecule has 1 aromatic heterocycles. The summed E-state index contributed by atoms with van der Waals surface area (Å²) in [5.74, 6) is -0.337. The highest BCUT2D eigenvalue weighted by Gasteiger charge is 2.19. The summed E-state index contributed by atoms with van der Waals surface area (Å²) in [7, 11) is 3.70. The number of nitrogens with zero attached hydrogens (tertiary/aromatic N) is 1. The number of nitrogens with two attached hydrogens (primary N) is 1. The third kappa shape index (κ3) is 1.44. The predicted octanol–water partition coefficient (Wildman–Crippen LogP) is 1.60. The van der Waals surface area contributed by atoms with Crippen LogP contribution >= 0.6 is 0 Å². The first-order chi connectivity index (χ1) is 7.11. The van der Waals surface area contributed by atoms with E-state index in [9.17, 15) is 4.79 Å². The Kier molecular flexibility index (Phi) is 2.11. The van der Waals surface area contributed by atoms with Gasteiger partial charge in [0.2, 0.25) is 5.76 Å². The van der Waals surface area contributed by atoms with Crippen LogP contribution in [0, 0.1) is 0 Å². The van der Waals surface area contributed by atoms with Crippen molar-refractivity contribution in [2.45, 2.75) is 0 Å². The van der Waals surface area contributed by atoms with Crippen molar-refractivity contribution in [3.63, 3.8) is 0 Å². The maximum atomic E-state index is 11.2. The fourth-order valence-corrected chi connectivity index (χ4v) is 1.64. The number of carbonyl (C=O) groups excluding carboxylic acids is 1. The molecule has 0 saturated heterocycles. The molecule has 2 N–H and O–H groups in total. The summed E-state index contributed by atoms with van der Waals surface area (Å²) in [5, 5.41) is 0.899. The van der Waals surface area contributed by atoms with Gasteiger partial charge in [-0.25, -0.2) is 0 Å². The molecule has 0 aliphatic rings. The van der Waals surface area contributed by atoms with Crippen molar-refractivity contribution in [2.75, 3.05) is 19.0 Å². The van der Waals surface area contributed by atoms with Gasteiger partial charge in [0.05, 0.1) is 5.69 Å². The highest BCUT2D eigenvalue weighted by molar-refractivity contribution is 6.05. The van der Waals surface area contributed by atoms with Gasteiger partial charge in [-0.05, 0) is 12.1 Å². The summed E-state index contributed by atoms with van der Waals surface area (Å²) in [6.45, 7) is 0. The van der Waals surface area contributed by atoms with Crippen LogP contribution in [-0.2, 0) is 0 Å². The highest BCUT2D eigenvalue weighted by atomic mass is 16.3. The number of para-hydroxylation sites is 1. The van der Waals surface area contributed by atoms with E-state index < -0.39 is 5.91 Å². The molecule has 0 aliphatic carbocycles. The third-order valence-electron chi connectivity index (χ3n) is 2.24. The first-order valence-electron chi connectivity index (χ1n) is 4.60. The Morgan fingerprint density at radius 3 is 2.60 bits per heavy atom. The van der Waals surface area contributed by atoms with E-state index >= 15 is 0 Å². The lowest BCUT2D eigenvalue weighted by Gasteiger charge is -2.10. The molecule has 15 heavy (non-hydrogen) atoms. The lowest BCUT2D eigenvalue weighted by Crippen LogP contribution is -2.16. The molecule has 0 bridgehead atoms. The average molecular weight is 204 g/mol. The molecule has 4 heteroatoms. The number of rotatable bonds is 2. The fourth-order valence-electron chi connectivity index (χ4n) is 1.64. The number of primary amides is 1. The zero-order valence-corrected chi connectivity index (χ0v) is 8.65. The van der Waals surface area contributed by atoms with Gasteiger partial charge < -0.3 is 15.1 Å². The smallest absolute Gasteiger partial charge is 0.286 e. The molecule has 1 amide bonds. The van der Waals surface area contributed by atoms with Crippen LogP contribution in [0.15, 0.2) is 28.7 Å². The summed E-state index contributed by atoms with van der Waals surface area (Å²) in [6, 6.07) is 7.47. The van der Waals surface area contributed by atoms with Gasteiger partial charge in [-0.2, -0.15) is 0 Å². The van der Waals surface area contributed by atoms with E-state index in [1.165, 1.54) is 0 Å². The summed E-state index contributed by atoms with van der Waals surface area (Å²) in [4.78, 5) is 13.0. The second-order valence-corrected chi connectivity index (χ2v) is 3.53. The molecule has 0 atom stereocenters. The van der Waals surface area contributed by atoms with Crippen LogP contribution in [0.1, 0.15) is 10.6 Å². The van der Waals surface area contributed by atoms with Gasteiger partial charge in [-0.1, -0.05) is 12.1 Å². The number of anilines is 1. The Morgan fingerprint density at radius 1 is 1.33 bits per heavy atom. The second kappa shape index (κ2) is 3.31. The average Bonchev–Trinajstić information content (AvgIpc) is 2.56. The van der Waals surface area contributed by atoms with Gasteiger partial charge in [0.25, 0.3) is 5.91 Å². The summed E-state index contributed by atoms with van der Waals surface area (Å²) in [5.41, 5.74) is 6.67. The largest absolute Gasteiger partial charge is 0.449 e. The van der Waals surface area contributed by atoms with Crippen molar-refractivity contribution in [1.82, 2.24) is 0 Å². The lowest BCUT2D eigenvalue weighted by molar-refractivity contribution is 0.0976. The Labute approximate surface area is 87.3 Å². The highest BCUT2D eigenvalue weighted by Crippen LogP contribution is 2.32. The number of fused-ring (bicyclic) bond motifs is 1. The van der Waals surface area contributed by atoms with Gasteiger partial charge >= 0.3 is 0 Å². The van der Waals surface area contributed by atoms with Crippen molar-refractivity contribution in [1.29, 1.82) is 0 Å². The van der Waals surface area contributed by atoms with Gasteiger partial charge in [-0.3, -0.25) is 4.79 Å². The molecule has 0 aliphatic heterocycles. The number of hydrogen-bond acceptors (Lipinski definition) is 3. The van der Waals surface area contributed by atoms with Crippen molar-refractivity contribution < 1.29 is 9.21 Å². The molecule has 2 rings (SSSR count). The number of hydrogen-bond donors (Lipinski definition) is 1. The standard InChI is InChI=1S/C11H12N2O2/c1-13(2)9-7-5-3-4-6-8(7)15-10(9)11(12)14/h3-6H,1-2H3,(H2,12,14). The molecule has 0 unspecified atom stereocenters. The van der Waals surface area contributed by atoms with E-state index in [4.69, 9.17) is 10.2 Å². The van der Waals surface area contributed by atoms with Crippen LogP contribution in [-0.4, -0.2) is 20.0 Å². The summed E-state index contributed by atoms with van der Waals surface area (Å²) < 4.78 is 5.41. The molecule has 1 aromatic carbocycles. The zero-order chi connectivity index (χ0) is 11.0. The lowest BCUT2D eigenvalue weighted by atomic mass is 10.2. The Hall–Kier alpha value is -1.97. The first kappa shape index (κ1) is 9.58. The number of amides is 1. The van der Waals surface area contributed by atoms with Gasteiger partial charge in [0.15, 0.2) is 0 Å². The third-order valence-corrected chi connectivity index (χ3v) is 2.24. The molecule has 0 radical (unpaired) electrons.